The van der Waals surface area contributed by atoms with E-state index in [0.717, 1.165) is 27.3 Å². The summed E-state index contributed by atoms with van der Waals surface area (Å²) in [5, 5.41) is 7.72. The van der Waals surface area contributed by atoms with E-state index in [1.807, 2.05) is 50.4 Å². The molecule has 6 heteroatoms. The first-order valence-corrected chi connectivity index (χ1v) is 10.6. The van der Waals surface area contributed by atoms with E-state index >= 15 is 0 Å². The summed E-state index contributed by atoms with van der Waals surface area (Å²) in [6, 6.07) is 13.3. The predicted octanol–water partition coefficient (Wildman–Crippen LogP) is 5.18. The number of thiophene rings is 1. The molecular weight excluding hydrogens is 396 g/mol. The zero-order valence-corrected chi connectivity index (χ0v) is 18.5. The maximum atomic E-state index is 12.3. The molecule has 156 valence electrons. The van der Waals surface area contributed by atoms with Gasteiger partial charge in [-0.1, -0.05) is 12.1 Å². The largest absolute Gasteiger partial charge is 0.483 e. The third-order valence-corrected chi connectivity index (χ3v) is 5.73. The first-order valence-electron chi connectivity index (χ1n) is 9.75. The van der Waals surface area contributed by atoms with Crippen LogP contribution in [0.15, 0.2) is 47.8 Å². The van der Waals surface area contributed by atoms with Gasteiger partial charge in [-0.25, -0.2) is 0 Å². The molecule has 1 heterocycles. The van der Waals surface area contributed by atoms with E-state index in [0.29, 0.717) is 17.9 Å². The number of carbonyl (C=O) groups is 2. The first-order chi connectivity index (χ1) is 14.3. The lowest BCUT2D eigenvalue weighted by Gasteiger charge is -2.13. The number of carbonyl (C=O) groups excluding carboxylic acids is 2. The fourth-order valence-corrected chi connectivity index (χ4v) is 3.78. The molecule has 1 aromatic heterocycles. The van der Waals surface area contributed by atoms with Crippen LogP contribution in [0.1, 0.15) is 27.1 Å². The molecule has 2 aromatic carbocycles. The van der Waals surface area contributed by atoms with Gasteiger partial charge in [0.15, 0.2) is 6.61 Å². The maximum Gasteiger partial charge on any atom is 0.262 e. The molecule has 30 heavy (non-hydrogen) atoms. The number of amides is 2. The molecule has 0 saturated heterocycles. The van der Waals surface area contributed by atoms with Crippen molar-refractivity contribution in [2.45, 2.75) is 34.1 Å². The monoisotopic (exact) mass is 422 g/mol. The standard InChI is InChI=1S/C24H26N2O3S/c1-15-10-18(4)22(12-16(15)2)29-14-24(28)25-19-7-8-21(17(3)11-19)26-23(27)13-20-6-5-9-30-20/h5-12H,13-14H2,1-4H3,(H,25,28)(H,26,27). The SMILES string of the molecule is Cc1cc(C)c(OCC(=O)Nc2ccc(NC(=O)Cc3cccs3)c(C)c2)cc1C. The highest BCUT2D eigenvalue weighted by atomic mass is 32.1. The summed E-state index contributed by atoms with van der Waals surface area (Å²) >= 11 is 1.56. The van der Waals surface area contributed by atoms with Crippen LogP contribution < -0.4 is 15.4 Å². The van der Waals surface area contributed by atoms with Crippen molar-refractivity contribution < 1.29 is 14.3 Å². The Labute approximate surface area is 181 Å². The molecule has 0 aliphatic rings. The first kappa shape index (κ1) is 21.6. The molecule has 3 rings (SSSR count). The van der Waals surface area contributed by atoms with Crippen LogP contribution in [0.5, 0.6) is 5.75 Å². The van der Waals surface area contributed by atoms with Gasteiger partial charge in [0.25, 0.3) is 5.91 Å². The molecule has 0 aliphatic heterocycles. The second-order valence-corrected chi connectivity index (χ2v) is 8.41. The molecule has 5 nitrogen and oxygen atoms in total. The Morgan fingerprint density at radius 1 is 0.867 bits per heavy atom. The molecule has 0 bridgehead atoms. The second kappa shape index (κ2) is 9.59. The van der Waals surface area contributed by atoms with E-state index in [9.17, 15) is 9.59 Å². The lowest BCUT2D eigenvalue weighted by atomic mass is 10.1. The average molecular weight is 423 g/mol. The van der Waals surface area contributed by atoms with Gasteiger partial charge in [0.2, 0.25) is 5.91 Å². The van der Waals surface area contributed by atoms with Gasteiger partial charge in [-0.2, -0.15) is 0 Å². The number of benzene rings is 2. The van der Waals surface area contributed by atoms with Crippen LogP contribution in [0.25, 0.3) is 0 Å². The Bertz CT molecular complexity index is 1060. The average Bonchev–Trinajstić information content (AvgIpc) is 3.18. The highest BCUT2D eigenvalue weighted by molar-refractivity contribution is 7.10. The van der Waals surface area contributed by atoms with Crippen molar-refractivity contribution in [3.8, 4) is 5.75 Å². The van der Waals surface area contributed by atoms with Crippen molar-refractivity contribution in [3.05, 3.63) is 75.0 Å². The zero-order chi connectivity index (χ0) is 21.7. The summed E-state index contributed by atoms with van der Waals surface area (Å²) in [5.41, 5.74) is 5.60. The minimum atomic E-state index is -0.235. The number of rotatable bonds is 7. The van der Waals surface area contributed by atoms with Gasteiger partial charge in [-0.15, -0.1) is 11.3 Å². The van der Waals surface area contributed by atoms with Crippen LogP contribution in [-0.2, 0) is 16.0 Å². The molecule has 0 radical (unpaired) electrons. The topological polar surface area (TPSA) is 67.4 Å². The van der Waals surface area contributed by atoms with E-state index in [1.54, 1.807) is 23.5 Å². The lowest BCUT2D eigenvalue weighted by molar-refractivity contribution is -0.118. The van der Waals surface area contributed by atoms with E-state index in [4.69, 9.17) is 4.74 Å². The Hall–Kier alpha value is -3.12. The number of nitrogens with one attached hydrogen (secondary N) is 2. The summed E-state index contributed by atoms with van der Waals surface area (Å²) in [6.45, 7) is 7.86. The molecule has 2 amide bonds. The number of hydrogen-bond acceptors (Lipinski definition) is 4. The second-order valence-electron chi connectivity index (χ2n) is 7.37. The Kier molecular flexibility index (Phi) is 6.90. The summed E-state index contributed by atoms with van der Waals surface area (Å²) in [6.07, 6.45) is 0.352. The molecule has 0 unspecified atom stereocenters. The number of hydrogen-bond donors (Lipinski definition) is 2. The summed E-state index contributed by atoms with van der Waals surface area (Å²) in [5.74, 6) is 0.421. The number of ether oxygens (including phenoxy) is 1. The van der Waals surface area contributed by atoms with Crippen molar-refractivity contribution in [2.24, 2.45) is 0 Å². The summed E-state index contributed by atoms with van der Waals surface area (Å²) in [7, 11) is 0. The normalized spacial score (nSPS) is 10.5. The van der Waals surface area contributed by atoms with Crippen LogP contribution in [0.2, 0.25) is 0 Å². The van der Waals surface area contributed by atoms with E-state index < -0.39 is 0 Å². The van der Waals surface area contributed by atoms with Crippen molar-refractivity contribution in [3.63, 3.8) is 0 Å². The van der Waals surface area contributed by atoms with Crippen LogP contribution in [-0.4, -0.2) is 18.4 Å². The van der Waals surface area contributed by atoms with Crippen molar-refractivity contribution >= 4 is 34.5 Å². The van der Waals surface area contributed by atoms with Crippen molar-refractivity contribution in [1.82, 2.24) is 0 Å². The Balaban J connectivity index is 1.55. The van der Waals surface area contributed by atoms with Crippen molar-refractivity contribution in [1.29, 1.82) is 0 Å². The minimum absolute atomic E-state index is 0.0607. The van der Waals surface area contributed by atoms with Gasteiger partial charge in [-0.05, 0) is 85.7 Å². The van der Waals surface area contributed by atoms with Gasteiger partial charge < -0.3 is 15.4 Å². The van der Waals surface area contributed by atoms with Gasteiger partial charge >= 0.3 is 0 Å². The smallest absolute Gasteiger partial charge is 0.262 e. The molecule has 2 N–H and O–H groups in total. The summed E-state index contributed by atoms with van der Waals surface area (Å²) < 4.78 is 5.70. The van der Waals surface area contributed by atoms with Crippen molar-refractivity contribution in [2.75, 3.05) is 17.2 Å². The van der Waals surface area contributed by atoms with Gasteiger partial charge in [0.1, 0.15) is 5.75 Å². The number of aryl methyl sites for hydroxylation is 4. The van der Waals surface area contributed by atoms with Crippen LogP contribution in [0.3, 0.4) is 0 Å². The maximum absolute atomic E-state index is 12.3. The van der Waals surface area contributed by atoms with E-state index in [1.165, 1.54) is 5.56 Å². The van der Waals surface area contributed by atoms with Crippen LogP contribution in [0.4, 0.5) is 11.4 Å². The van der Waals surface area contributed by atoms with Crippen LogP contribution >= 0.6 is 11.3 Å². The molecule has 0 atom stereocenters. The quantitative estimate of drug-likeness (QED) is 0.551. The Morgan fingerprint density at radius 3 is 2.33 bits per heavy atom. The van der Waals surface area contributed by atoms with Gasteiger partial charge in [0, 0.05) is 16.3 Å². The highest BCUT2D eigenvalue weighted by Crippen LogP contribution is 2.23. The van der Waals surface area contributed by atoms with Gasteiger partial charge in [-0.3, -0.25) is 9.59 Å². The zero-order valence-electron chi connectivity index (χ0n) is 17.7. The minimum Gasteiger partial charge on any atom is -0.483 e. The molecule has 3 aromatic rings. The molecule has 0 spiro atoms. The molecule has 0 saturated carbocycles. The summed E-state index contributed by atoms with van der Waals surface area (Å²) in [4.78, 5) is 25.5. The fourth-order valence-electron chi connectivity index (χ4n) is 3.08. The van der Waals surface area contributed by atoms with E-state index in [-0.39, 0.29) is 18.4 Å². The lowest BCUT2D eigenvalue weighted by Crippen LogP contribution is -2.20. The number of anilines is 2. The van der Waals surface area contributed by atoms with Gasteiger partial charge in [0.05, 0.1) is 6.42 Å². The third-order valence-electron chi connectivity index (χ3n) is 4.85. The molecule has 0 aliphatic carbocycles. The fraction of sp³-hybridized carbons (Fsp3) is 0.250. The highest BCUT2D eigenvalue weighted by Gasteiger charge is 2.10. The predicted molar refractivity (Wildman–Crippen MR) is 123 cm³/mol. The molecule has 0 fully saturated rings. The molecular formula is C24H26N2O3S. The van der Waals surface area contributed by atoms with E-state index in [2.05, 4.69) is 23.6 Å². The van der Waals surface area contributed by atoms with Crippen LogP contribution in [0, 0.1) is 27.7 Å². The third kappa shape index (κ3) is 5.70. The Morgan fingerprint density at radius 2 is 1.63 bits per heavy atom.